The van der Waals surface area contributed by atoms with Crippen molar-refractivity contribution in [3.8, 4) is 5.75 Å². The minimum absolute atomic E-state index is 0.564. The SMILES string of the molecule is Cc1cc(/C=C/CN)c(OCC2CCC2)cc1C. The highest BCUT2D eigenvalue weighted by atomic mass is 16.5. The zero-order valence-electron chi connectivity index (χ0n) is 11.4. The van der Waals surface area contributed by atoms with Gasteiger partial charge < -0.3 is 10.5 Å². The molecule has 2 N–H and O–H groups in total. The standard InChI is InChI=1S/C16H23NO/c1-12-9-15(7-4-8-17)16(10-13(12)2)18-11-14-5-3-6-14/h4,7,9-10,14H,3,5-6,8,11,17H2,1-2H3/b7-4+. The van der Waals surface area contributed by atoms with Gasteiger partial charge in [0.25, 0.3) is 0 Å². The van der Waals surface area contributed by atoms with E-state index in [-0.39, 0.29) is 0 Å². The van der Waals surface area contributed by atoms with E-state index in [1.165, 1.54) is 30.4 Å². The van der Waals surface area contributed by atoms with Crippen LogP contribution in [0.3, 0.4) is 0 Å². The Bertz CT molecular complexity index is 433. The van der Waals surface area contributed by atoms with Crippen LogP contribution >= 0.6 is 0 Å². The van der Waals surface area contributed by atoms with Gasteiger partial charge in [0.05, 0.1) is 6.61 Å². The van der Waals surface area contributed by atoms with E-state index in [0.29, 0.717) is 6.54 Å². The van der Waals surface area contributed by atoms with Crippen LogP contribution in [-0.4, -0.2) is 13.2 Å². The van der Waals surface area contributed by atoms with Crippen molar-refractivity contribution >= 4 is 6.08 Å². The lowest BCUT2D eigenvalue weighted by Crippen LogP contribution is -2.19. The van der Waals surface area contributed by atoms with Crippen molar-refractivity contribution in [2.75, 3.05) is 13.2 Å². The van der Waals surface area contributed by atoms with Crippen LogP contribution in [0.2, 0.25) is 0 Å². The summed E-state index contributed by atoms with van der Waals surface area (Å²) in [5.74, 6) is 1.76. The number of benzene rings is 1. The van der Waals surface area contributed by atoms with Gasteiger partial charge in [-0.2, -0.15) is 0 Å². The molecule has 0 unspecified atom stereocenters. The molecule has 0 atom stereocenters. The summed E-state index contributed by atoms with van der Waals surface area (Å²) < 4.78 is 5.98. The van der Waals surface area contributed by atoms with Crippen molar-refractivity contribution in [3.05, 3.63) is 34.9 Å². The highest BCUT2D eigenvalue weighted by Crippen LogP contribution is 2.29. The average molecular weight is 245 g/mol. The maximum atomic E-state index is 5.98. The Morgan fingerprint density at radius 3 is 2.61 bits per heavy atom. The van der Waals surface area contributed by atoms with Crippen LogP contribution in [0.1, 0.15) is 36.0 Å². The number of rotatable bonds is 5. The summed E-state index contributed by atoms with van der Waals surface area (Å²) in [5, 5.41) is 0. The van der Waals surface area contributed by atoms with Gasteiger partial charge in [-0.05, 0) is 55.9 Å². The molecule has 0 heterocycles. The summed E-state index contributed by atoms with van der Waals surface area (Å²) in [4.78, 5) is 0. The lowest BCUT2D eigenvalue weighted by molar-refractivity contribution is 0.180. The second kappa shape index (κ2) is 6.05. The van der Waals surface area contributed by atoms with Crippen molar-refractivity contribution in [3.63, 3.8) is 0 Å². The van der Waals surface area contributed by atoms with Crippen molar-refractivity contribution in [2.45, 2.75) is 33.1 Å². The van der Waals surface area contributed by atoms with E-state index in [9.17, 15) is 0 Å². The average Bonchev–Trinajstić information content (AvgIpc) is 2.29. The molecule has 0 bridgehead atoms. The monoisotopic (exact) mass is 245 g/mol. The first-order valence-corrected chi connectivity index (χ1v) is 6.81. The largest absolute Gasteiger partial charge is 0.493 e. The van der Waals surface area contributed by atoms with Gasteiger partial charge in [0, 0.05) is 12.1 Å². The Kier molecular flexibility index (Phi) is 4.43. The van der Waals surface area contributed by atoms with E-state index in [1.54, 1.807) is 0 Å². The van der Waals surface area contributed by atoms with Crippen LogP contribution in [-0.2, 0) is 0 Å². The predicted molar refractivity (Wildman–Crippen MR) is 76.8 cm³/mol. The van der Waals surface area contributed by atoms with Crippen molar-refractivity contribution in [1.82, 2.24) is 0 Å². The van der Waals surface area contributed by atoms with E-state index in [4.69, 9.17) is 10.5 Å². The Balaban J connectivity index is 2.13. The van der Waals surface area contributed by atoms with Crippen molar-refractivity contribution in [1.29, 1.82) is 0 Å². The van der Waals surface area contributed by atoms with Gasteiger partial charge in [0.15, 0.2) is 0 Å². The van der Waals surface area contributed by atoms with E-state index < -0.39 is 0 Å². The molecule has 1 aromatic carbocycles. The third-order valence-corrected chi connectivity index (χ3v) is 3.76. The molecule has 1 saturated carbocycles. The maximum absolute atomic E-state index is 5.98. The molecule has 0 amide bonds. The topological polar surface area (TPSA) is 35.2 Å². The quantitative estimate of drug-likeness (QED) is 0.862. The highest BCUT2D eigenvalue weighted by molar-refractivity contribution is 5.60. The molecule has 0 radical (unpaired) electrons. The summed E-state index contributed by atoms with van der Waals surface area (Å²) in [6, 6.07) is 4.32. The first-order chi connectivity index (χ1) is 8.70. The molecule has 1 aliphatic rings. The second-order valence-corrected chi connectivity index (χ2v) is 5.22. The second-order valence-electron chi connectivity index (χ2n) is 5.22. The molecule has 1 aliphatic carbocycles. The molecule has 1 fully saturated rings. The summed E-state index contributed by atoms with van der Waals surface area (Å²) >= 11 is 0. The Morgan fingerprint density at radius 2 is 2.00 bits per heavy atom. The summed E-state index contributed by atoms with van der Waals surface area (Å²) in [6.45, 7) is 5.67. The molecule has 98 valence electrons. The Morgan fingerprint density at radius 1 is 1.28 bits per heavy atom. The third-order valence-electron chi connectivity index (χ3n) is 3.76. The number of hydrogen-bond acceptors (Lipinski definition) is 2. The summed E-state index contributed by atoms with van der Waals surface area (Å²) in [6.07, 6.45) is 8.03. The fraction of sp³-hybridized carbons (Fsp3) is 0.500. The van der Waals surface area contributed by atoms with Crippen LogP contribution < -0.4 is 10.5 Å². The highest BCUT2D eigenvalue weighted by Gasteiger charge is 2.18. The van der Waals surface area contributed by atoms with Gasteiger partial charge in [-0.3, -0.25) is 0 Å². The van der Waals surface area contributed by atoms with Gasteiger partial charge in [0.2, 0.25) is 0 Å². The fourth-order valence-electron chi connectivity index (χ4n) is 2.13. The zero-order valence-corrected chi connectivity index (χ0v) is 11.4. The smallest absolute Gasteiger partial charge is 0.126 e. The van der Waals surface area contributed by atoms with E-state index in [1.807, 2.05) is 6.08 Å². The molecule has 0 aromatic heterocycles. The third kappa shape index (κ3) is 3.14. The number of nitrogens with two attached hydrogens (primary N) is 1. The fourth-order valence-corrected chi connectivity index (χ4v) is 2.13. The van der Waals surface area contributed by atoms with Crippen LogP contribution in [0.4, 0.5) is 0 Å². The minimum atomic E-state index is 0.564. The molecule has 2 heteroatoms. The van der Waals surface area contributed by atoms with Crippen LogP contribution in [0, 0.1) is 19.8 Å². The maximum Gasteiger partial charge on any atom is 0.126 e. The first-order valence-electron chi connectivity index (χ1n) is 6.81. The van der Waals surface area contributed by atoms with Gasteiger partial charge >= 0.3 is 0 Å². The van der Waals surface area contributed by atoms with E-state index in [2.05, 4.69) is 32.1 Å². The summed E-state index contributed by atoms with van der Waals surface area (Å²) in [7, 11) is 0. The summed E-state index contributed by atoms with van der Waals surface area (Å²) in [5.41, 5.74) is 9.24. The van der Waals surface area contributed by atoms with Crippen molar-refractivity contribution in [2.24, 2.45) is 11.7 Å². The van der Waals surface area contributed by atoms with Gasteiger partial charge in [-0.15, -0.1) is 0 Å². The minimum Gasteiger partial charge on any atom is -0.493 e. The lowest BCUT2D eigenvalue weighted by atomic mass is 9.86. The molecule has 0 spiro atoms. The van der Waals surface area contributed by atoms with E-state index >= 15 is 0 Å². The normalized spacial score (nSPS) is 15.9. The van der Waals surface area contributed by atoms with Gasteiger partial charge in [-0.25, -0.2) is 0 Å². The molecule has 0 aliphatic heterocycles. The predicted octanol–water partition coefficient (Wildman–Crippen LogP) is 3.45. The van der Waals surface area contributed by atoms with Crippen LogP contribution in [0.25, 0.3) is 6.08 Å². The number of hydrogen-bond donors (Lipinski definition) is 1. The van der Waals surface area contributed by atoms with E-state index in [0.717, 1.165) is 23.8 Å². The number of aryl methyl sites for hydroxylation is 2. The van der Waals surface area contributed by atoms with Crippen molar-refractivity contribution < 1.29 is 4.74 Å². The first kappa shape index (κ1) is 13.2. The number of ether oxygens (including phenoxy) is 1. The molecule has 1 aromatic rings. The molecule has 18 heavy (non-hydrogen) atoms. The Hall–Kier alpha value is -1.28. The molecule has 2 nitrogen and oxygen atoms in total. The molecular weight excluding hydrogens is 222 g/mol. The van der Waals surface area contributed by atoms with Gasteiger partial charge in [0.1, 0.15) is 5.75 Å². The Labute approximate surface area is 110 Å². The molecular formula is C16H23NO. The van der Waals surface area contributed by atoms with Gasteiger partial charge in [-0.1, -0.05) is 18.6 Å². The zero-order chi connectivity index (χ0) is 13.0. The lowest BCUT2D eigenvalue weighted by Gasteiger charge is -2.25. The van der Waals surface area contributed by atoms with Crippen LogP contribution in [0.15, 0.2) is 18.2 Å². The molecule has 0 saturated heterocycles. The van der Waals surface area contributed by atoms with Crippen LogP contribution in [0.5, 0.6) is 5.75 Å². The molecule has 2 rings (SSSR count).